The summed E-state index contributed by atoms with van der Waals surface area (Å²) < 4.78 is 0. The van der Waals surface area contributed by atoms with Gasteiger partial charge in [0.2, 0.25) is 5.91 Å². The molecule has 2 saturated heterocycles. The van der Waals surface area contributed by atoms with Crippen LogP contribution in [-0.2, 0) is 10.2 Å². The summed E-state index contributed by atoms with van der Waals surface area (Å²) in [6, 6.07) is 12.7. The topological polar surface area (TPSA) is 47.3 Å². The number of nitriles is 1. The van der Waals surface area contributed by atoms with Crippen molar-refractivity contribution < 1.29 is 4.79 Å². The molecule has 0 N–H and O–H groups in total. The highest BCUT2D eigenvalue weighted by atomic mass is 16.2. The Hall–Kier alpha value is -1.86. The molecule has 1 aromatic rings. The third-order valence-electron chi connectivity index (χ3n) is 5.11. The van der Waals surface area contributed by atoms with Crippen LogP contribution in [0.15, 0.2) is 30.3 Å². The first-order valence-corrected chi connectivity index (χ1v) is 8.20. The molecule has 0 spiro atoms. The molecule has 0 unspecified atom stereocenters. The second kappa shape index (κ2) is 6.50. The van der Waals surface area contributed by atoms with E-state index in [4.69, 9.17) is 0 Å². The van der Waals surface area contributed by atoms with Gasteiger partial charge in [0.25, 0.3) is 0 Å². The van der Waals surface area contributed by atoms with Gasteiger partial charge in [-0.25, -0.2) is 0 Å². The summed E-state index contributed by atoms with van der Waals surface area (Å²) in [5.41, 5.74) is 0.813. The Balaban J connectivity index is 1.55. The summed E-state index contributed by atoms with van der Waals surface area (Å²) >= 11 is 0. The number of benzene rings is 1. The summed E-state index contributed by atoms with van der Waals surface area (Å²) in [5.74, 6) is 0.299. The van der Waals surface area contributed by atoms with Crippen LogP contribution in [0.3, 0.4) is 0 Å². The molecule has 0 aliphatic carbocycles. The van der Waals surface area contributed by atoms with E-state index in [-0.39, 0.29) is 5.41 Å². The lowest BCUT2D eigenvalue weighted by molar-refractivity contribution is -0.127. The largest absolute Gasteiger partial charge is 0.341 e. The predicted molar refractivity (Wildman–Crippen MR) is 85.2 cm³/mol. The quantitative estimate of drug-likeness (QED) is 0.855. The number of carbonyl (C=O) groups is 1. The van der Waals surface area contributed by atoms with E-state index in [0.29, 0.717) is 12.3 Å². The van der Waals surface area contributed by atoms with Crippen LogP contribution in [0.5, 0.6) is 0 Å². The Morgan fingerprint density at radius 2 is 1.82 bits per heavy atom. The minimum Gasteiger partial charge on any atom is -0.341 e. The molecule has 2 aliphatic rings. The minimum atomic E-state index is -0.332. The Bertz CT molecular complexity index is 555. The van der Waals surface area contributed by atoms with Crippen LogP contribution >= 0.6 is 0 Å². The molecule has 2 fully saturated rings. The number of hydrogen-bond donors (Lipinski definition) is 0. The van der Waals surface area contributed by atoms with Crippen molar-refractivity contribution in [1.82, 2.24) is 9.80 Å². The lowest BCUT2D eigenvalue weighted by Gasteiger charge is -2.38. The number of rotatable bonds is 4. The van der Waals surface area contributed by atoms with Crippen molar-refractivity contribution in [2.24, 2.45) is 0 Å². The lowest BCUT2D eigenvalue weighted by Crippen LogP contribution is -2.44. The molecule has 0 atom stereocenters. The maximum atomic E-state index is 11.6. The Kier molecular flexibility index (Phi) is 4.44. The standard InChI is InChI=1S/C18H23N3O/c19-15-18(16-5-2-1-3-6-16)8-11-20(12-9-18)13-14-21-10-4-7-17(21)22/h1-3,5-6H,4,7-14H2. The molecule has 0 radical (unpaired) electrons. The molecule has 4 heteroatoms. The highest BCUT2D eigenvalue weighted by Crippen LogP contribution is 2.34. The van der Waals surface area contributed by atoms with Crippen molar-refractivity contribution in [2.45, 2.75) is 31.1 Å². The Morgan fingerprint density at radius 1 is 1.09 bits per heavy atom. The monoisotopic (exact) mass is 297 g/mol. The molecule has 1 amide bonds. The van der Waals surface area contributed by atoms with Gasteiger partial charge in [-0.2, -0.15) is 5.26 Å². The van der Waals surface area contributed by atoms with Gasteiger partial charge in [-0.15, -0.1) is 0 Å². The molecule has 22 heavy (non-hydrogen) atoms. The van der Waals surface area contributed by atoms with Gasteiger partial charge in [-0.3, -0.25) is 4.79 Å². The fraction of sp³-hybridized carbons (Fsp3) is 0.556. The molecule has 3 rings (SSSR count). The molecular weight excluding hydrogens is 274 g/mol. The molecule has 1 aromatic carbocycles. The number of piperidine rings is 1. The van der Waals surface area contributed by atoms with Gasteiger partial charge in [0, 0.05) is 39.1 Å². The molecule has 0 saturated carbocycles. The van der Waals surface area contributed by atoms with Crippen LogP contribution in [0.2, 0.25) is 0 Å². The first kappa shape index (κ1) is 15.1. The average molecular weight is 297 g/mol. The fourth-order valence-corrected chi connectivity index (χ4v) is 3.58. The molecule has 0 bridgehead atoms. The number of nitrogens with zero attached hydrogens (tertiary/aromatic N) is 3. The number of likely N-dealkylation sites (tertiary alicyclic amines) is 2. The van der Waals surface area contributed by atoms with Crippen LogP contribution in [0.4, 0.5) is 0 Å². The summed E-state index contributed by atoms with van der Waals surface area (Å²) in [7, 11) is 0. The second-order valence-electron chi connectivity index (χ2n) is 6.39. The van der Waals surface area contributed by atoms with Crippen LogP contribution in [0.1, 0.15) is 31.2 Å². The van der Waals surface area contributed by atoms with Crippen LogP contribution in [0, 0.1) is 11.3 Å². The zero-order valence-electron chi connectivity index (χ0n) is 13.0. The van der Waals surface area contributed by atoms with Gasteiger partial charge in [0.15, 0.2) is 0 Å². The predicted octanol–water partition coefficient (Wildman–Crippen LogP) is 2.17. The molecule has 116 valence electrons. The summed E-state index contributed by atoms with van der Waals surface area (Å²) in [6.07, 6.45) is 3.47. The van der Waals surface area contributed by atoms with E-state index in [9.17, 15) is 10.1 Å². The maximum Gasteiger partial charge on any atom is 0.222 e. The minimum absolute atomic E-state index is 0.299. The van der Waals surface area contributed by atoms with Gasteiger partial charge in [-0.05, 0) is 24.8 Å². The van der Waals surface area contributed by atoms with Gasteiger partial charge >= 0.3 is 0 Å². The van der Waals surface area contributed by atoms with Gasteiger partial charge in [0.05, 0.1) is 11.5 Å². The molecular formula is C18H23N3O. The maximum absolute atomic E-state index is 11.6. The van der Waals surface area contributed by atoms with Crippen molar-refractivity contribution in [1.29, 1.82) is 5.26 Å². The first-order chi connectivity index (χ1) is 10.7. The van der Waals surface area contributed by atoms with E-state index in [0.717, 1.165) is 57.5 Å². The van der Waals surface area contributed by atoms with Crippen molar-refractivity contribution >= 4 is 5.91 Å². The van der Waals surface area contributed by atoms with Gasteiger partial charge in [0.1, 0.15) is 0 Å². The molecule has 2 aliphatic heterocycles. The highest BCUT2D eigenvalue weighted by molar-refractivity contribution is 5.78. The molecule has 0 aromatic heterocycles. The second-order valence-corrected chi connectivity index (χ2v) is 6.39. The van der Waals surface area contributed by atoms with E-state index in [1.165, 1.54) is 0 Å². The Labute approximate surface area is 132 Å². The van der Waals surface area contributed by atoms with E-state index < -0.39 is 0 Å². The van der Waals surface area contributed by atoms with Crippen molar-refractivity contribution in [2.75, 3.05) is 32.7 Å². The van der Waals surface area contributed by atoms with Crippen molar-refractivity contribution in [3.05, 3.63) is 35.9 Å². The zero-order chi connectivity index (χ0) is 15.4. The van der Waals surface area contributed by atoms with Crippen LogP contribution in [-0.4, -0.2) is 48.4 Å². The lowest BCUT2D eigenvalue weighted by atomic mass is 9.74. The summed E-state index contributed by atoms with van der Waals surface area (Å²) in [5, 5.41) is 9.70. The first-order valence-electron chi connectivity index (χ1n) is 8.20. The third-order valence-corrected chi connectivity index (χ3v) is 5.11. The number of carbonyl (C=O) groups excluding carboxylic acids is 1. The fourth-order valence-electron chi connectivity index (χ4n) is 3.58. The zero-order valence-corrected chi connectivity index (χ0v) is 13.0. The number of amides is 1. The van der Waals surface area contributed by atoms with Crippen molar-refractivity contribution in [3.8, 4) is 6.07 Å². The van der Waals surface area contributed by atoms with Crippen molar-refractivity contribution in [3.63, 3.8) is 0 Å². The normalized spacial score (nSPS) is 21.8. The van der Waals surface area contributed by atoms with E-state index in [2.05, 4.69) is 23.1 Å². The highest BCUT2D eigenvalue weighted by Gasteiger charge is 2.36. The summed E-state index contributed by atoms with van der Waals surface area (Å²) in [6.45, 7) is 4.56. The molecule has 2 heterocycles. The summed E-state index contributed by atoms with van der Waals surface area (Å²) in [4.78, 5) is 16.0. The van der Waals surface area contributed by atoms with Gasteiger partial charge < -0.3 is 9.80 Å². The van der Waals surface area contributed by atoms with Crippen LogP contribution in [0.25, 0.3) is 0 Å². The van der Waals surface area contributed by atoms with E-state index in [1.54, 1.807) is 0 Å². The third kappa shape index (κ3) is 3.00. The Morgan fingerprint density at radius 3 is 2.41 bits per heavy atom. The number of hydrogen-bond acceptors (Lipinski definition) is 3. The van der Waals surface area contributed by atoms with Gasteiger partial charge in [-0.1, -0.05) is 30.3 Å². The van der Waals surface area contributed by atoms with E-state index >= 15 is 0 Å². The van der Waals surface area contributed by atoms with E-state index in [1.807, 2.05) is 23.1 Å². The van der Waals surface area contributed by atoms with Crippen LogP contribution < -0.4 is 0 Å². The average Bonchev–Trinajstić information content (AvgIpc) is 2.99. The SMILES string of the molecule is N#CC1(c2ccccc2)CCN(CCN2CCCC2=O)CC1. The smallest absolute Gasteiger partial charge is 0.222 e. The molecule has 4 nitrogen and oxygen atoms in total.